The minimum atomic E-state index is 0.510. The lowest BCUT2D eigenvalue weighted by Gasteiger charge is -2.10. The van der Waals surface area contributed by atoms with Gasteiger partial charge in [0.15, 0.2) is 0 Å². The summed E-state index contributed by atoms with van der Waals surface area (Å²) >= 11 is 0. The third-order valence-corrected chi connectivity index (χ3v) is 4.03. The summed E-state index contributed by atoms with van der Waals surface area (Å²) < 4.78 is 5.49. The Morgan fingerprint density at radius 1 is 1.07 bits per heavy atom. The van der Waals surface area contributed by atoms with Gasteiger partial charge in [-0.25, -0.2) is 4.98 Å². The van der Waals surface area contributed by atoms with E-state index in [2.05, 4.69) is 4.99 Å². The fourth-order valence-corrected chi connectivity index (χ4v) is 2.54. The first-order chi connectivity index (χ1) is 13.1. The molecule has 0 atom stereocenters. The van der Waals surface area contributed by atoms with Crippen molar-refractivity contribution in [1.82, 2.24) is 4.98 Å². The Morgan fingerprint density at radius 2 is 1.74 bits per heavy atom. The zero-order chi connectivity index (χ0) is 19.6. The number of allylic oxidation sites excluding steroid dienone is 2. The van der Waals surface area contributed by atoms with Crippen LogP contribution < -0.4 is 10.5 Å². The van der Waals surface area contributed by atoms with Crippen molar-refractivity contribution >= 4 is 16.7 Å². The van der Waals surface area contributed by atoms with Crippen molar-refractivity contribution in [3.63, 3.8) is 0 Å². The molecule has 0 fully saturated rings. The Balaban J connectivity index is 0.000000596. The predicted molar refractivity (Wildman–Crippen MR) is 115 cm³/mol. The zero-order valence-electron chi connectivity index (χ0n) is 16.4. The molecule has 0 aliphatic heterocycles. The third kappa shape index (κ3) is 5.17. The molecule has 0 aliphatic carbocycles. The standard InChI is InChI=1S/C19H19N3O.C4H8/c1-3-23-14-10-8-13(9-11-14)18-12-16(19(20)21-2)15-6-4-5-7-17(15)22-18;1-3-4-2/h4-12H,3H2,1-2H3,(H2,20,21);3-4H,1-2H3/b;4-3-. The summed E-state index contributed by atoms with van der Waals surface area (Å²) in [6, 6.07) is 17.8. The van der Waals surface area contributed by atoms with Crippen LogP contribution in [0.25, 0.3) is 22.2 Å². The highest BCUT2D eigenvalue weighted by Gasteiger charge is 2.10. The largest absolute Gasteiger partial charge is 0.494 e. The monoisotopic (exact) mass is 361 g/mol. The van der Waals surface area contributed by atoms with E-state index in [4.69, 9.17) is 15.5 Å². The molecular weight excluding hydrogens is 334 g/mol. The van der Waals surface area contributed by atoms with E-state index in [1.165, 1.54) is 0 Å². The van der Waals surface area contributed by atoms with E-state index in [0.29, 0.717) is 12.4 Å². The number of pyridine rings is 1. The Kier molecular flexibility index (Phi) is 7.56. The minimum absolute atomic E-state index is 0.510. The summed E-state index contributed by atoms with van der Waals surface area (Å²) in [5, 5.41) is 1.00. The zero-order valence-corrected chi connectivity index (χ0v) is 16.4. The predicted octanol–water partition coefficient (Wildman–Crippen LogP) is 5.22. The van der Waals surface area contributed by atoms with Gasteiger partial charge in [0.2, 0.25) is 0 Å². The number of ether oxygens (including phenoxy) is 1. The van der Waals surface area contributed by atoms with E-state index in [-0.39, 0.29) is 0 Å². The quantitative estimate of drug-likeness (QED) is 0.394. The molecule has 0 amide bonds. The van der Waals surface area contributed by atoms with E-state index in [1.54, 1.807) is 7.05 Å². The number of fused-ring (bicyclic) bond motifs is 1. The van der Waals surface area contributed by atoms with Crippen molar-refractivity contribution in [2.75, 3.05) is 13.7 Å². The molecule has 3 rings (SSSR count). The number of rotatable bonds is 4. The minimum Gasteiger partial charge on any atom is -0.494 e. The topological polar surface area (TPSA) is 60.5 Å². The van der Waals surface area contributed by atoms with Crippen LogP contribution in [0.2, 0.25) is 0 Å². The molecule has 140 valence electrons. The van der Waals surface area contributed by atoms with Crippen molar-refractivity contribution in [1.29, 1.82) is 0 Å². The SMILES string of the molecule is C/C=C\C.CCOc1ccc(-c2cc(C(N)=NC)c3ccccc3n2)cc1. The van der Waals surface area contributed by atoms with E-state index in [9.17, 15) is 0 Å². The van der Waals surface area contributed by atoms with Crippen LogP contribution in [-0.4, -0.2) is 24.5 Å². The second-order valence-corrected chi connectivity index (χ2v) is 5.81. The second-order valence-electron chi connectivity index (χ2n) is 5.81. The molecule has 2 N–H and O–H groups in total. The van der Waals surface area contributed by atoms with E-state index in [1.807, 2.05) is 87.5 Å². The number of nitrogens with two attached hydrogens (primary N) is 1. The first-order valence-electron chi connectivity index (χ1n) is 9.07. The maximum absolute atomic E-state index is 6.07. The van der Waals surface area contributed by atoms with Gasteiger partial charge in [0.05, 0.1) is 17.8 Å². The molecule has 4 heteroatoms. The average Bonchev–Trinajstić information content (AvgIpc) is 2.73. The van der Waals surface area contributed by atoms with Crippen LogP contribution in [0.1, 0.15) is 26.3 Å². The maximum Gasteiger partial charge on any atom is 0.126 e. The van der Waals surface area contributed by atoms with Crippen molar-refractivity contribution in [3.05, 3.63) is 72.3 Å². The van der Waals surface area contributed by atoms with Crippen LogP contribution in [-0.2, 0) is 0 Å². The summed E-state index contributed by atoms with van der Waals surface area (Å²) in [5.74, 6) is 1.36. The Bertz CT molecular complexity index is 924. The first kappa shape index (κ1) is 20.2. The number of hydrogen-bond acceptors (Lipinski definition) is 3. The summed E-state index contributed by atoms with van der Waals surface area (Å²) in [6.07, 6.45) is 4.00. The number of amidine groups is 1. The highest BCUT2D eigenvalue weighted by molar-refractivity contribution is 6.09. The molecule has 3 aromatic rings. The Morgan fingerprint density at radius 3 is 2.33 bits per heavy atom. The molecule has 1 heterocycles. The van der Waals surface area contributed by atoms with Gasteiger partial charge in [-0.05, 0) is 57.2 Å². The fourth-order valence-electron chi connectivity index (χ4n) is 2.54. The summed E-state index contributed by atoms with van der Waals surface area (Å²) in [5.41, 5.74) is 9.77. The van der Waals surface area contributed by atoms with Crippen LogP contribution in [0, 0.1) is 0 Å². The molecule has 0 bridgehead atoms. The summed E-state index contributed by atoms with van der Waals surface area (Å²) in [7, 11) is 1.70. The molecule has 0 aliphatic rings. The first-order valence-corrected chi connectivity index (χ1v) is 9.07. The van der Waals surface area contributed by atoms with Crippen LogP contribution in [0.4, 0.5) is 0 Å². The number of para-hydroxylation sites is 1. The Labute approximate surface area is 161 Å². The second kappa shape index (κ2) is 10.1. The van der Waals surface area contributed by atoms with Crippen LogP contribution >= 0.6 is 0 Å². The molecule has 0 saturated heterocycles. The number of aromatic nitrogens is 1. The molecule has 0 spiro atoms. The average molecular weight is 361 g/mol. The van der Waals surface area contributed by atoms with Gasteiger partial charge in [-0.1, -0.05) is 30.4 Å². The third-order valence-electron chi connectivity index (χ3n) is 4.03. The maximum atomic E-state index is 6.07. The van der Waals surface area contributed by atoms with E-state index in [0.717, 1.165) is 33.5 Å². The van der Waals surface area contributed by atoms with Crippen LogP contribution in [0.5, 0.6) is 5.75 Å². The molecule has 1 aromatic heterocycles. The van der Waals surface area contributed by atoms with Gasteiger partial charge in [-0.3, -0.25) is 4.99 Å². The molecule has 0 unspecified atom stereocenters. The molecule has 27 heavy (non-hydrogen) atoms. The molecule has 2 aromatic carbocycles. The lowest BCUT2D eigenvalue weighted by molar-refractivity contribution is 0.340. The van der Waals surface area contributed by atoms with Crippen molar-refractivity contribution in [3.8, 4) is 17.0 Å². The van der Waals surface area contributed by atoms with E-state index >= 15 is 0 Å². The lowest BCUT2D eigenvalue weighted by Crippen LogP contribution is -2.14. The highest BCUT2D eigenvalue weighted by atomic mass is 16.5. The van der Waals surface area contributed by atoms with Crippen molar-refractivity contribution in [2.45, 2.75) is 20.8 Å². The highest BCUT2D eigenvalue weighted by Crippen LogP contribution is 2.26. The summed E-state index contributed by atoms with van der Waals surface area (Å²) in [4.78, 5) is 8.88. The number of hydrogen-bond donors (Lipinski definition) is 1. The van der Waals surface area contributed by atoms with Crippen molar-refractivity contribution < 1.29 is 4.74 Å². The van der Waals surface area contributed by atoms with Gasteiger partial charge in [-0.2, -0.15) is 0 Å². The lowest BCUT2D eigenvalue weighted by atomic mass is 10.0. The molecule has 0 saturated carbocycles. The van der Waals surface area contributed by atoms with Gasteiger partial charge in [0.1, 0.15) is 11.6 Å². The van der Waals surface area contributed by atoms with Gasteiger partial charge < -0.3 is 10.5 Å². The van der Waals surface area contributed by atoms with Crippen molar-refractivity contribution in [2.24, 2.45) is 10.7 Å². The smallest absolute Gasteiger partial charge is 0.126 e. The molecular formula is C23H27N3O. The summed E-state index contributed by atoms with van der Waals surface area (Å²) in [6.45, 7) is 6.62. The molecule has 0 radical (unpaired) electrons. The number of nitrogens with zero attached hydrogens (tertiary/aromatic N) is 2. The van der Waals surface area contributed by atoms with Gasteiger partial charge >= 0.3 is 0 Å². The number of aliphatic imine (C=N–C) groups is 1. The Hall–Kier alpha value is -3.14. The normalized spacial score (nSPS) is 11.3. The van der Waals surface area contributed by atoms with Gasteiger partial charge in [0, 0.05) is 23.6 Å². The van der Waals surface area contributed by atoms with Crippen LogP contribution in [0.3, 0.4) is 0 Å². The molecule has 4 nitrogen and oxygen atoms in total. The number of benzene rings is 2. The fraction of sp³-hybridized carbons (Fsp3) is 0.217. The van der Waals surface area contributed by atoms with Gasteiger partial charge in [-0.15, -0.1) is 0 Å². The van der Waals surface area contributed by atoms with Gasteiger partial charge in [0.25, 0.3) is 0 Å². The van der Waals surface area contributed by atoms with Crippen LogP contribution in [0.15, 0.2) is 71.7 Å². The van der Waals surface area contributed by atoms with E-state index < -0.39 is 0 Å².